The minimum atomic E-state index is -1.08. The lowest BCUT2D eigenvalue weighted by atomic mass is 9.98. The first-order valence-electron chi connectivity index (χ1n) is 15.3. The molecular weight excluding hydrogens is 608 g/mol. The van der Waals surface area contributed by atoms with Gasteiger partial charge in [0.1, 0.15) is 17.9 Å². The van der Waals surface area contributed by atoms with Gasteiger partial charge in [0.05, 0.1) is 25.9 Å². The van der Waals surface area contributed by atoms with Gasteiger partial charge in [0.25, 0.3) is 0 Å². The first-order chi connectivity index (χ1) is 22.5. The number of aliphatic carboxylic acids is 1. The molecule has 15 heteroatoms. The van der Waals surface area contributed by atoms with Gasteiger partial charge in [0.15, 0.2) is 5.82 Å². The van der Waals surface area contributed by atoms with Gasteiger partial charge in [-0.3, -0.25) is 33.7 Å². The smallest absolute Gasteiger partial charge is 0.303 e. The summed E-state index contributed by atoms with van der Waals surface area (Å²) >= 11 is 0. The molecule has 0 aliphatic carbocycles. The number of nitrogens with zero attached hydrogens (tertiary/aromatic N) is 4. The number of carboxylic acids is 1. The number of anilines is 1. The predicted molar refractivity (Wildman–Crippen MR) is 168 cm³/mol. The fourth-order valence-corrected chi connectivity index (χ4v) is 5.27. The standard InChI is InChI=1S/C32H38N8O7/c1-3-19(2)30(35-27(42)15-20-7-5-4-6-8-20)32(47)34-18-28(43)40-24-14-21(13-23(41)11-12-29(44)45)9-10-22(24)16-25(40)31(46)33-17-26-36-38-39-37-26/h4-10,14,19,25,30H,3,11-13,15-18H2,1-2H3,(H,33,46)(H,34,47)(H,35,42)(H,44,45)(H,36,37,38,39)/t19-,25-,30-/m0/s1. The fourth-order valence-electron chi connectivity index (χ4n) is 5.27. The number of benzene rings is 2. The largest absolute Gasteiger partial charge is 0.481 e. The van der Waals surface area contributed by atoms with Crippen molar-refractivity contribution in [2.45, 2.75) is 71.0 Å². The molecule has 2 aromatic carbocycles. The van der Waals surface area contributed by atoms with Crippen molar-refractivity contribution in [1.82, 2.24) is 36.6 Å². The van der Waals surface area contributed by atoms with Gasteiger partial charge >= 0.3 is 5.97 Å². The second kappa shape index (κ2) is 16.2. The number of carboxylic acid groups (broad SMARTS) is 1. The van der Waals surface area contributed by atoms with Crippen molar-refractivity contribution in [3.63, 3.8) is 0 Å². The Morgan fingerprint density at radius 3 is 2.45 bits per heavy atom. The second-order valence-corrected chi connectivity index (χ2v) is 11.4. The molecular formula is C32H38N8O7. The summed E-state index contributed by atoms with van der Waals surface area (Å²) < 4.78 is 0. The van der Waals surface area contributed by atoms with Gasteiger partial charge < -0.3 is 21.1 Å². The average Bonchev–Trinajstić information content (AvgIpc) is 3.72. The number of rotatable bonds is 16. The lowest BCUT2D eigenvalue weighted by Crippen LogP contribution is -2.54. The third-order valence-electron chi connectivity index (χ3n) is 7.97. The van der Waals surface area contributed by atoms with E-state index in [1.807, 2.05) is 44.2 Å². The maximum Gasteiger partial charge on any atom is 0.303 e. The van der Waals surface area contributed by atoms with E-state index in [-0.39, 0.29) is 62.1 Å². The van der Waals surface area contributed by atoms with Gasteiger partial charge in [-0.05, 0) is 28.7 Å². The van der Waals surface area contributed by atoms with Crippen molar-refractivity contribution < 1.29 is 33.9 Å². The second-order valence-electron chi connectivity index (χ2n) is 11.4. The zero-order valence-electron chi connectivity index (χ0n) is 26.2. The van der Waals surface area contributed by atoms with Crippen molar-refractivity contribution in [2.24, 2.45) is 5.92 Å². The molecule has 0 radical (unpaired) electrons. The van der Waals surface area contributed by atoms with E-state index >= 15 is 0 Å². The van der Waals surface area contributed by atoms with E-state index in [9.17, 15) is 28.8 Å². The Morgan fingerprint density at radius 2 is 1.77 bits per heavy atom. The van der Waals surface area contributed by atoms with Crippen molar-refractivity contribution >= 4 is 41.1 Å². The quantitative estimate of drug-likeness (QED) is 0.146. The van der Waals surface area contributed by atoms with Gasteiger partial charge in [-0.25, -0.2) is 0 Å². The molecule has 4 amide bonds. The number of fused-ring (bicyclic) bond motifs is 1. The minimum Gasteiger partial charge on any atom is -0.481 e. The summed E-state index contributed by atoms with van der Waals surface area (Å²) in [7, 11) is 0. The highest BCUT2D eigenvalue weighted by molar-refractivity contribution is 6.05. The number of ketones is 1. The first kappa shape index (κ1) is 34.4. The highest BCUT2D eigenvalue weighted by Crippen LogP contribution is 2.34. The normalized spacial score (nSPS) is 14.9. The number of carbonyl (C=O) groups is 6. The molecule has 1 aliphatic rings. The van der Waals surface area contributed by atoms with Crippen LogP contribution in [0.2, 0.25) is 0 Å². The molecule has 0 spiro atoms. The van der Waals surface area contributed by atoms with Gasteiger partial charge in [0, 0.05) is 24.9 Å². The number of aromatic nitrogens is 4. The summed E-state index contributed by atoms with van der Waals surface area (Å²) in [5.74, 6) is -3.29. The van der Waals surface area contributed by atoms with Gasteiger partial charge in [0.2, 0.25) is 23.6 Å². The Bertz CT molecular complexity index is 1600. The van der Waals surface area contributed by atoms with Crippen LogP contribution in [0.4, 0.5) is 5.69 Å². The molecule has 3 atom stereocenters. The minimum absolute atomic E-state index is 0.0382. The van der Waals surface area contributed by atoms with Crippen LogP contribution in [0.15, 0.2) is 48.5 Å². The molecule has 0 bridgehead atoms. The van der Waals surface area contributed by atoms with E-state index < -0.39 is 42.3 Å². The molecule has 0 saturated heterocycles. The van der Waals surface area contributed by atoms with E-state index in [0.717, 1.165) is 5.56 Å². The summed E-state index contributed by atoms with van der Waals surface area (Å²) in [4.78, 5) is 77.8. The maximum absolute atomic E-state index is 13.8. The van der Waals surface area contributed by atoms with Crippen LogP contribution < -0.4 is 20.9 Å². The number of carbonyl (C=O) groups excluding carboxylic acids is 5. The Balaban J connectivity index is 1.49. The van der Waals surface area contributed by atoms with Crippen LogP contribution in [0.25, 0.3) is 0 Å². The van der Waals surface area contributed by atoms with Crippen LogP contribution in [0.5, 0.6) is 0 Å². The molecule has 15 nitrogen and oxygen atoms in total. The third-order valence-corrected chi connectivity index (χ3v) is 7.97. The van der Waals surface area contributed by atoms with Crippen LogP contribution in [0.1, 0.15) is 55.6 Å². The number of tetrazole rings is 1. The number of hydrogen-bond acceptors (Lipinski definition) is 9. The van der Waals surface area contributed by atoms with E-state index in [4.69, 9.17) is 5.11 Å². The average molecular weight is 647 g/mol. The summed E-state index contributed by atoms with van der Waals surface area (Å²) in [5.41, 5.74) is 2.42. The molecule has 0 fully saturated rings. The predicted octanol–water partition coefficient (Wildman–Crippen LogP) is 0.640. The topological polar surface area (TPSA) is 216 Å². The summed E-state index contributed by atoms with van der Waals surface area (Å²) in [6.45, 7) is 3.22. The molecule has 0 unspecified atom stereocenters. The molecule has 5 N–H and O–H groups in total. The molecule has 47 heavy (non-hydrogen) atoms. The Labute approximate surface area is 270 Å². The number of Topliss-reactive ketones (excluding diaryl/α,β-unsaturated/α-hetero) is 1. The third kappa shape index (κ3) is 9.51. The summed E-state index contributed by atoms with van der Waals surface area (Å²) in [6.07, 6.45) is 0.376. The van der Waals surface area contributed by atoms with E-state index in [2.05, 4.69) is 36.6 Å². The SMILES string of the molecule is CC[C@H](C)[C@H](NC(=O)Cc1ccccc1)C(=O)NCC(=O)N1c2cc(CC(=O)CCC(=O)O)ccc2C[C@H]1C(=O)NCc1nn[nH]n1. The van der Waals surface area contributed by atoms with Crippen molar-refractivity contribution in [2.75, 3.05) is 11.4 Å². The zero-order valence-corrected chi connectivity index (χ0v) is 26.2. The Hall–Kier alpha value is -5.47. The van der Waals surface area contributed by atoms with Gasteiger partial charge in [-0.1, -0.05) is 67.9 Å². The van der Waals surface area contributed by atoms with Crippen LogP contribution in [-0.4, -0.2) is 79.7 Å². The first-order valence-corrected chi connectivity index (χ1v) is 15.3. The van der Waals surface area contributed by atoms with Gasteiger partial charge in [-0.2, -0.15) is 5.21 Å². The molecule has 0 saturated carbocycles. The summed E-state index contributed by atoms with van der Waals surface area (Å²) in [6, 6.07) is 12.3. The van der Waals surface area contributed by atoms with Crippen molar-refractivity contribution in [3.05, 3.63) is 71.0 Å². The highest BCUT2D eigenvalue weighted by atomic mass is 16.4. The number of aromatic amines is 1. The fraction of sp³-hybridized carbons (Fsp3) is 0.406. The van der Waals surface area contributed by atoms with Gasteiger partial charge in [-0.15, -0.1) is 10.2 Å². The van der Waals surface area contributed by atoms with E-state index in [1.165, 1.54) is 4.90 Å². The lowest BCUT2D eigenvalue weighted by molar-refractivity contribution is -0.138. The van der Waals surface area contributed by atoms with Crippen molar-refractivity contribution in [1.29, 1.82) is 0 Å². The van der Waals surface area contributed by atoms with Crippen LogP contribution in [-0.2, 0) is 54.6 Å². The number of amides is 4. The molecule has 2 heterocycles. The van der Waals surface area contributed by atoms with Crippen LogP contribution >= 0.6 is 0 Å². The molecule has 1 aliphatic heterocycles. The van der Waals surface area contributed by atoms with E-state index in [0.29, 0.717) is 23.2 Å². The number of H-pyrrole nitrogens is 1. The molecule has 1 aromatic heterocycles. The molecule has 3 aromatic rings. The maximum atomic E-state index is 13.8. The van der Waals surface area contributed by atoms with Crippen LogP contribution in [0.3, 0.4) is 0 Å². The monoisotopic (exact) mass is 646 g/mol. The number of nitrogens with one attached hydrogen (secondary N) is 4. The molecule has 4 rings (SSSR count). The van der Waals surface area contributed by atoms with Crippen molar-refractivity contribution in [3.8, 4) is 0 Å². The Morgan fingerprint density at radius 1 is 1.00 bits per heavy atom. The van der Waals surface area contributed by atoms with Crippen LogP contribution in [0, 0.1) is 5.92 Å². The molecule has 248 valence electrons. The lowest BCUT2D eigenvalue weighted by Gasteiger charge is -2.27. The number of hydrogen-bond donors (Lipinski definition) is 5. The van der Waals surface area contributed by atoms with E-state index in [1.54, 1.807) is 18.2 Å². The Kier molecular flexibility index (Phi) is 11.9. The summed E-state index contributed by atoms with van der Waals surface area (Å²) in [5, 5.41) is 30.4. The highest BCUT2D eigenvalue weighted by Gasteiger charge is 2.39. The zero-order chi connectivity index (χ0) is 33.9.